The van der Waals surface area contributed by atoms with Crippen molar-refractivity contribution in [2.75, 3.05) is 0 Å². The Balaban J connectivity index is 2.39. The summed E-state index contributed by atoms with van der Waals surface area (Å²) in [6.45, 7) is 1.82. The minimum atomic E-state index is -4.97. The summed E-state index contributed by atoms with van der Waals surface area (Å²) in [5.74, 6) is -2.04. The van der Waals surface area contributed by atoms with Crippen molar-refractivity contribution in [3.05, 3.63) is 40.7 Å². The molecule has 4 nitrogen and oxygen atoms in total. The zero-order valence-corrected chi connectivity index (χ0v) is 10.3. The van der Waals surface area contributed by atoms with E-state index in [1.807, 2.05) is 6.92 Å². The Morgan fingerprint density at radius 1 is 1.37 bits per heavy atom. The van der Waals surface area contributed by atoms with Crippen molar-refractivity contribution in [2.24, 2.45) is 0 Å². The van der Waals surface area contributed by atoms with Crippen molar-refractivity contribution in [3.63, 3.8) is 0 Å². The Morgan fingerprint density at radius 3 is 2.63 bits per heavy atom. The molecule has 0 aliphatic rings. The molecule has 0 amide bonds. The normalized spacial score (nSPS) is 11.6. The molecule has 8 heteroatoms. The Hall–Kier alpha value is -1.89. The molecular weight excluding hydrogens is 283 g/mol. The molecule has 0 unspecified atom stereocenters. The van der Waals surface area contributed by atoms with Gasteiger partial charge < -0.3 is 0 Å². The number of hydrogen-bond acceptors (Lipinski definition) is 3. The van der Waals surface area contributed by atoms with E-state index >= 15 is 0 Å². The smallest absolute Gasteiger partial charge is 0.282 e. The molecule has 2 rings (SSSR count). The SMILES string of the molecule is Cc1ccc(-n2cc(C(=O)C(F)(F)F)nn2)c(Cl)c1. The summed E-state index contributed by atoms with van der Waals surface area (Å²) in [4.78, 5) is 11.0. The van der Waals surface area contributed by atoms with Crippen LogP contribution in [0.1, 0.15) is 16.1 Å². The minimum absolute atomic E-state index is 0.302. The van der Waals surface area contributed by atoms with Crippen LogP contribution in [-0.4, -0.2) is 27.0 Å². The van der Waals surface area contributed by atoms with Gasteiger partial charge in [0.2, 0.25) is 0 Å². The maximum absolute atomic E-state index is 12.2. The monoisotopic (exact) mass is 289 g/mol. The average Bonchev–Trinajstić information content (AvgIpc) is 2.75. The second kappa shape index (κ2) is 4.65. The van der Waals surface area contributed by atoms with E-state index in [0.717, 1.165) is 16.4 Å². The van der Waals surface area contributed by atoms with Gasteiger partial charge in [0.05, 0.1) is 16.9 Å². The molecule has 0 bridgehead atoms. The minimum Gasteiger partial charge on any atom is -0.282 e. The Bertz CT molecular complexity index is 636. The van der Waals surface area contributed by atoms with Crippen LogP contribution in [0.3, 0.4) is 0 Å². The third-order valence-corrected chi connectivity index (χ3v) is 2.64. The number of carbonyl (C=O) groups is 1. The average molecular weight is 290 g/mol. The summed E-state index contributed by atoms with van der Waals surface area (Å²) in [6, 6.07) is 4.92. The zero-order chi connectivity index (χ0) is 14.2. The zero-order valence-electron chi connectivity index (χ0n) is 9.57. The fraction of sp³-hybridized carbons (Fsp3) is 0.182. The largest absolute Gasteiger partial charge is 0.456 e. The van der Waals surface area contributed by atoms with Gasteiger partial charge in [-0.2, -0.15) is 13.2 Å². The van der Waals surface area contributed by atoms with Crippen molar-refractivity contribution in [3.8, 4) is 5.69 Å². The molecule has 1 aromatic carbocycles. The van der Waals surface area contributed by atoms with Gasteiger partial charge in [0.25, 0.3) is 5.78 Å². The molecule has 0 radical (unpaired) electrons. The fourth-order valence-corrected chi connectivity index (χ4v) is 1.75. The van der Waals surface area contributed by atoms with Crippen LogP contribution in [-0.2, 0) is 0 Å². The molecule has 0 atom stereocenters. The van der Waals surface area contributed by atoms with E-state index < -0.39 is 17.7 Å². The molecule has 0 saturated heterocycles. The second-order valence-corrected chi connectivity index (χ2v) is 4.24. The Morgan fingerprint density at radius 2 is 2.05 bits per heavy atom. The predicted octanol–water partition coefficient (Wildman–Crippen LogP) is 2.97. The quantitative estimate of drug-likeness (QED) is 0.799. The first-order chi connectivity index (χ1) is 8.79. The van der Waals surface area contributed by atoms with Crippen LogP contribution in [0.5, 0.6) is 0 Å². The van der Waals surface area contributed by atoms with Gasteiger partial charge in [-0.1, -0.05) is 22.9 Å². The van der Waals surface area contributed by atoms with Crippen molar-refractivity contribution in [1.29, 1.82) is 0 Å². The molecule has 19 heavy (non-hydrogen) atoms. The van der Waals surface area contributed by atoms with Gasteiger partial charge in [-0.15, -0.1) is 5.10 Å². The van der Waals surface area contributed by atoms with Gasteiger partial charge in [-0.25, -0.2) is 4.68 Å². The van der Waals surface area contributed by atoms with Crippen LogP contribution in [0.2, 0.25) is 5.02 Å². The molecule has 0 aliphatic carbocycles. The van der Waals surface area contributed by atoms with Crippen LogP contribution in [0.4, 0.5) is 13.2 Å². The standard InChI is InChI=1S/C11H7ClF3N3O/c1-6-2-3-9(7(12)4-6)18-5-8(16-17-18)10(19)11(13,14)15/h2-5H,1H3. The summed E-state index contributed by atoms with van der Waals surface area (Å²) in [5.41, 5.74) is 0.464. The van der Waals surface area contributed by atoms with Crippen molar-refractivity contribution in [1.82, 2.24) is 15.0 Å². The van der Waals surface area contributed by atoms with E-state index in [1.54, 1.807) is 18.2 Å². The molecule has 0 fully saturated rings. The van der Waals surface area contributed by atoms with Gasteiger partial charge >= 0.3 is 6.18 Å². The van der Waals surface area contributed by atoms with E-state index in [4.69, 9.17) is 11.6 Å². The molecule has 0 saturated carbocycles. The van der Waals surface area contributed by atoms with E-state index in [2.05, 4.69) is 10.3 Å². The van der Waals surface area contributed by atoms with E-state index in [9.17, 15) is 18.0 Å². The highest BCUT2D eigenvalue weighted by molar-refractivity contribution is 6.32. The van der Waals surface area contributed by atoms with Gasteiger partial charge in [0.15, 0.2) is 5.69 Å². The first kappa shape index (κ1) is 13.5. The number of aromatic nitrogens is 3. The van der Waals surface area contributed by atoms with Crippen LogP contribution < -0.4 is 0 Å². The van der Waals surface area contributed by atoms with Crippen molar-refractivity contribution >= 4 is 17.4 Å². The lowest BCUT2D eigenvalue weighted by molar-refractivity contribution is -0.0888. The number of alkyl halides is 3. The highest BCUT2D eigenvalue weighted by atomic mass is 35.5. The maximum Gasteiger partial charge on any atom is 0.456 e. The number of halogens is 4. The number of nitrogens with zero attached hydrogens (tertiary/aromatic N) is 3. The molecule has 1 aromatic heterocycles. The van der Waals surface area contributed by atoms with Crippen LogP contribution in [0.15, 0.2) is 24.4 Å². The number of ketones is 1. The first-order valence-electron chi connectivity index (χ1n) is 5.09. The number of carbonyl (C=O) groups excluding carboxylic acids is 1. The van der Waals surface area contributed by atoms with Crippen molar-refractivity contribution in [2.45, 2.75) is 13.1 Å². The number of aryl methyl sites for hydroxylation is 1. The second-order valence-electron chi connectivity index (χ2n) is 3.83. The molecule has 0 spiro atoms. The van der Waals surface area contributed by atoms with E-state index in [0.29, 0.717) is 10.7 Å². The summed E-state index contributed by atoms with van der Waals surface area (Å²) in [6.07, 6.45) is -4.08. The number of benzene rings is 1. The van der Waals surface area contributed by atoms with Crippen molar-refractivity contribution < 1.29 is 18.0 Å². The third kappa shape index (κ3) is 2.76. The molecule has 0 aliphatic heterocycles. The summed E-state index contributed by atoms with van der Waals surface area (Å²) in [7, 11) is 0. The molecule has 2 aromatic rings. The lowest BCUT2D eigenvalue weighted by Crippen LogP contribution is -2.23. The highest BCUT2D eigenvalue weighted by Gasteiger charge is 2.41. The Labute approximate surface area is 110 Å². The third-order valence-electron chi connectivity index (χ3n) is 2.33. The van der Waals surface area contributed by atoms with Gasteiger partial charge in [0.1, 0.15) is 0 Å². The number of rotatable bonds is 2. The highest BCUT2D eigenvalue weighted by Crippen LogP contribution is 2.23. The number of Topliss-reactive ketones (excluding diaryl/α,β-unsaturated/α-hetero) is 1. The number of hydrogen-bond donors (Lipinski definition) is 0. The summed E-state index contributed by atoms with van der Waals surface area (Å²) >= 11 is 5.95. The Kier molecular flexibility index (Phi) is 3.32. The molecular formula is C11H7ClF3N3O. The van der Waals surface area contributed by atoms with E-state index in [1.165, 1.54) is 0 Å². The molecule has 1 heterocycles. The predicted molar refractivity (Wildman–Crippen MR) is 61.5 cm³/mol. The van der Waals surface area contributed by atoms with Crippen LogP contribution in [0, 0.1) is 6.92 Å². The maximum atomic E-state index is 12.2. The van der Waals surface area contributed by atoms with E-state index in [-0.39, 0.29) is 0 Å². The summed E-state index contributed by atoms with van der Waals surface area (Å²) in [5, 5.41) is 6.98. The van der Waals surface area contributed by atoms with Crippen LogP contribution >= 0.6 is 11.6 Å². The first-order valence-corrected chi connectivity index (χ1v) is 5.47. The van der Waals surface area contributed by atoms with Gasteiger partial charge in [-0.05, 0) is 24.6 Å². The lowest BCUT2D eigenvalue weighted by Gasteiger charge is -2.03. The van der Waals surface area contributed by atoms with Crippen LogP contribution in [0.25, 0.3) is 5.69 Å². The lowest BCUT2D eigenvalue weighted by atomic mass is 10.2. The van der Waals surface area contributed by atoms with Gasteiger partial charge in [0, 0.05) is 0 Å². The topological polar surface area (TPSA) is 47.8 Å². The summed E-state index contributed by atoms with van der Waals surface area (Å²) < 4.78 is 37.7. The fourth-order valence-electron chi connectivity index (χ4n) is 1.43. The van der Waals surface area contributed by atoms with Gasteiger partial charge in [-0.3, -0.25) is 4.79 Å². The molecule has 0 N–H and O–H groups in total. The molecule has 100 valence electrons.